The fraction of sp³-hybridized carbons (Fsp3) is 0.481. The van der Waals surface area contributed by atoms with Crippen LogP contribution in [0.4, 0.5) is 10.1 Å². The number of carbonyl (C=O) groups excluding carboxylic acids is 2. The quantitative estimate of drug-likeness (QED) is 0.625. The normalized spacial score (nSPS) is 29.2. The van der Waals surface area contributed by atoms with Gasteiger partial charge in [-0.25, -0.2) is 4.39 Å². The Labute approximate surface area is 220 Å². The van der Waals surface area contributed by atoms with E-state index < -0.39 is 17.3 Å². The van der Waals surface area contributed by atoms with E-state index in [0.29, 0.717) is 28.7 Å². The molecule has 6 rings (SSSR count). The Kier molecular flexibility index (Phi) is 5.83. The number of carbonyl (C=O) groups is 2. The van der Waals surface area contributed by atoms with E-state index in [9.17, 15) is 9.59 Å². The van der Waals surface area contributed by atoms with Crippen molar-refractivity contribution in [1.29, 1.82) is 0 Å². The first-order valence-electron chi connectivity index (χ1n) is 12.5. The maximum Gasteiger partial charge on any atom is 0.250 e. The van der Waals surface area contributed by atoms with Crippen molar-refractivity contribution in [3.8, 4) is 0 Å². The van der Waals surface area contributed by atoms with Gasteiger partial charge in [0.1, 0.15) is 11.4 Å². The van der Waals surface area contributed by atoms with E-state index in [-0.39, 0.29) is 35.5 Å². The fourth-order valence-electron chi connectivity index (χ4n) is 6.79. The van der Waals surface area contributed by atoms with Crippen LogP contribution in [0.1, 0.15) is 36.3 Å². The van der Waals surface area contributed by atoms with E-state index in [1.807, 2.05) is 30.0 Å². The molecule has 1 N–H and O–H groups in total. The zero-order chi connectivity index (χ0) is 25.4. The van der Waals surface area contributed by atoms with E-state index in [1.165, 1.54) is 6.07 Å². The molecule has 0 bridgehead atoms. The number of rotatable bonds is 5. The first-order chi connectivity index (χ1) is 17.2. The molecule has 3 fully saturated rings. The Morgan fingerprint density at radius 2 is 1.97 bits per heavy atom. The lowest BCUT2D eigenvalue weighted by atomic mass is 9.73. The molecule has 3 heterocycles. The third-order valence-electron chi connectivity index (χ3n) is 8.29. The van der Waals surface area contributed by atoms with Crippen LogP contribution in [0.25, 0.3) is 0 Å². The third kappa shape index (κ3) is 3.51. The van der Waals surface area contributed by atoms with Crippen LogP contribution in [0.3, 0.4) is 0 Å². The van der Waals surface area contributed by atoms with Crippen LogP contribution in [0.15, 0.2) is 36.4 Å². The molecule has 1 aliphatic carbocycles. The van der Waals surface area contributed by atoms with Gasteiger partial charge in [-0.05, 0) is 63.0 Å². The number of anilines is 1. The molecular formula is C27H29Cl2FN4O2. The number of nitrogens with one attached hydrogen (secondary N) is 1. The van der Waals surface area contributed by atoms with Gasteiger partial charge in [0.05, 0.1) is 17.6 Å². The van der Waals surface area contributed by atoms with Gasteiger partial charge >= 0.3 is 0 Å². The van der Waals surface area contributed by atoms with Crippen molar-refractivity contribution in [1.82, 2.24) is 14.7 Å². The second kappa shape index (κ2) is 8.69. The predicted octanol–water partition coefficient (Wildman–Crippen LogP) is 4.32. The minimum absolute atomic E-state index is 0.0127. The minimum atomic E-state index is -1.17. The van der Waals surface area contributed by atoms with Gasteiger partial charge in [-0.2, -0.15) is 0 Å². The molecule has 4 aliphatic rings. The van der Waals surface area contributed by atoms with Gasteiger partial charge in [-0.15, -0.1) is 0 Å². The maximum absolute atomic E-state index is 15.8. The van der Waals surface area contributed by atoms with Gasteiger partial charge < -0.3 is 15.1 Å². The summed E-state index contributed by atoms with van der Waals surface area (Å²) in [6, 6.07) is 9.96. The van der Waals surface area contributed by atoms with Gasteiger partial charge in [0.15, 0.2) is 0 Å². The molecule has 1 unspecified atom stereocenters. The number of nitrogens with zero attached hydrogens (tertiary/aromatic N) is 3. The lowest BCUT2D eigenvalue weighted by Gasteiger charge is -2.41. The molecule has 36 heavy (non-hydrogen) atoms. The van der Waals surface area contributed by atoms with Gasteiger partial charge in [-0.3, -0.25) is 14.5 Å². The maximum atomic E-state index is 15.8. The molecule has 190 valence electrons. The number of likely N-dealkylation sites (N-methyl/N-ethyl adjacent to an activating group) is 1. The van der Waals surface area contributed by atoms with E-state index in [0.717, 1.165) is 31.4 Å². The SMILES string of the molecule is CN(C)CC(=O)N1CC[C@H]2C1[C@H](c1cccc(Cl)c1F)[C@]1(C(=O)Nc3cc(Cl)ccc31)N2CC1CC1. The predicted molar refractivity (Wildman–Crippen MR) is 138 cm³/mol. The Morgan fingerprint density at radius 1 is 1.19 bits per heavy atom. The molecule has 2 aromatic rings. The topological polar surface area (TPSA) is 55.9 Å². The summed E-state index contributed by atoms with van der Waals surface area (Å²) in [5, 5.41) is 3.59. The first kappa shape index (κ1) is 24.2. The number of likely N-dealkylation sites (tertiary alicyclic amines) is 2. The van der Waals surface area contributed by atoms with Gasteiger partial charge in [-0.1, -0.05) is 41.4 Å². The third-order valence-corrected chi connectivity index (χ3v) is 8.82. The first-order valence-corrected chi connectivity index (χ1v) is 13.3. The van der Waals surface area contributed by atoms with Crippen LogP contribution < -0.4 is 5.32 Å². The Bertz CT molecular complexity index is 1250. The lowest BCUT2D eigenvalue weighted by molar-refractivity contribution is -0.134. The number of amides is 2. The van der Waals surface area contributed by atoms with Gasteiger partial charge in [0.25, 0.3) is 0 Å². The van der Waals surface area contributed by atoms with Crippen molar-refractivity contribution in [2.45, 2.75) is 42.8 Å². The minimum Gasteiger partial charge on any atom is -0.336 e. The number of fused-ring (bicyclic) bond motifs is 3. The van der Waals surface area contributed by atoms with Gasteiger partial charge in [0, 0.05) is 41.3 Å². The summed E-state index contributed by atoms with van der Waals surface area (Å²) < 4.78 is 15.8. The summed E-state index contributed by atoms with van der Waals surface area (Å²) in [6.07, 6.45) is 2.95. The number of benzene rings is 2. The van der Waals surface area contributed by atoms with Crippen LogP contribution in [0.2, 0.25) is 10.0 Å². The van der Waals surface area contributed by atoms with Gasteiger partial charge in [0.2, 0.25) is 11.8 Å². The Hall–Kier alpha value is -2.19. The fourth-order valence-corrected chi connectivity index (χ4v) is 7.15. The molecule has 2 saturated heterocycles. The second-order valence-electron chi connectivity index (χ2n) is 10.8. The number of hydrogen-bond acceptors (Lipinski definition) is 4. The monoisotopic (exact) mass is 530 g/mol. The van der Waals surface area contributed by atoms with E-state index >= 15 is 4.39 Å². The van der Waals surface area contributed by atoms with Crippen LogP contribution in [0.5, 0.6) is 0 Å². The molecular weight excluding hydrogens is 502 g/mol. The highest BCUT2D eigenvalue weighted by molar-refractivity contribution is 6.31. The largest absolute Gasteiger partial charge is 0.336 e. The summed E-state index contributed by atoms with van der Waals surface area (Å²) in [6.45, 7) is 1.56. The van der Waals surface area contributed by atoms with Crippen LogP contribution in [-0.4, -0.2) is 72.3 Å². The van der Waals surface area contributed by atoms with Crippen LogP contribution in [-0.2, 0) is 15.1 Å². The zero-order valence-corrected chi connectivity index (χ0v) is 21.8. The smallest absolute Gasteiger partial charge is 0.250 e. The Morgan fingerprint density at radius 3 is 2.69 bits per heavy atom. The molecule has 1 saturated carbocycles. The summed E-state index contributed by atoms with van der Waals surface area (Å²) in [5.41, 5.74) is 0.641. The molecule has 0 aromatic heterocycles. The van der Waals surface area contributed by atoms with E-state index in [1.54, 1.807) is 24.3 Å². The van der Waals surface area contributed by atoms with Crippen molar-refractivity contribution in [2.75, 3.05) is 39.0 Å². The number of hydrogen-bond donors (Lipinski definition) is 1. The van der Waals surface area contributed by atoms with Crippen LogP contribution >= 0.6 is 23.2 Å². The van der Waals surface area contributed by atoms with E-state index in [2.05, 4.69) is 10.2 Å². The standard InChI is InChI=1S/C27H29Cl2FN4O2/c1-32(2)14-22(35)33-11-10-21-25(33)23(17-4-3-5-19(29)24(17)30)27(34(21)13-15-6-7-15)18-9-8-16(28)12-20(18)31-26(27)36/h3-5,8-9,12,15,21,23,25H,6-7,10-11,13-14H2,1-2H3,(H,31,36)/t21-,23-,25?,27+/m0/s1. The Balaban J connectivity index is 1.60. The summed E-state index contributed by atoms with van der Waals surface area (Å²) in [5.74, 6) is -0.882. The lowest BCUT2D eigenvalue weighted by Crippen LogP contribution is -2.53. The summed E-state index contributed by atoms with van der Waals surface area (Å²) in [4.78, 5) is 33.7. The van der Waals surface area contributed by atoms with Crippen molar-refractivity contribution in [3.63, 3.8) is 0 Å². The molecule has 1 spiro atoms. The molecule has 2 amide bonds. The highest BCUT2D eigenvalue weighted by Crippen LogP contribution is 2.61. The number of halogens is 3. The highest BCUT2D eigenvalue weighted by atomic mass is 35.5. The molecule has 6 nitrogen and oxygen atoms in total. The average molecular weight is 531 g/mol. The second-order valence-corrected chi connectivity index (χ2v) is 11.6. The molecule has 3 aliphatic heterocycles. The molecule has 0 radical (unpaired) electrons. The molecule has 9 heteroatoms. The summed E-state index contributed by atoms with van der Waals surface area (Å²) >= 11 is 12.6. The summed E-state index contributed by atoms with van der Waals surface area (Å²) in [7, 11) is 3.72. The van der Waals surface area contributed by atoms with Crippen molar-refractivity contribution >= 4 is 40.7 Å². The van der Waals surface area contributed by atoms with E-state index in [4.69, 9.17) is 23.2 Å². The van der Waals surface area contributed by atoms with Crippen molar-refractivity contribution < 1.29 is 14.0 Å². The molecule has 4 atom stereocenters. The molecule has 2 aromatic carbocycles. The zero-order valence-electron chi connectivity index (χ0n) is 20.3. The van der Waals surface area contributed by atoms with Crippen molar-refractivity contribution in [3.05, 3.63) is 63.4 Å². The van der Waals surface area contributed by atoms with Crippen LogP contribution in [0, 0.1) is 11.7 Å². The van der Waals surface area contributed by atoms with Crippen molar-refractivity contribution in [2.24, 2.45) is 5.92 Å². The highest BCUT2D eigenvalue weighted by Gasteiger charge is 2.70. The average Bonchev–Trinajstić information content (AvgIpc) is 3.37.